The van der Waals surface area contributed by atoms with Gasteiger partial charge in [0.05, 0.1) is 14.2 Å². The number of aliphatic hydroxyl groups is 1. The van der Waals surface area contributed by atoms with E-state index in [1.54, 1.807) is 0 Å². The molecule has 1 heterocycles. The Morgan fingerprint density at radius 3 is 2.46 bits per heavy atom. The summed E-state index contributed by atoms with van der Waals surface area (Å²) in [5.41, 5.74) is 0. The van der Waals surface area contributed by atoms with Gasteiger partial charge >= 0.3 is 0 Å². The summed E-state index contributed by atoms with van der Waals surface area (Å²) in [6.45, 7) is 13.3. The van der Waals surface area contributed by atoms with Gasteiger partial charge in [-0.15, -0.1) is 6.58 Å². The third kappa shape index (κ3) is 2.23. The molecule has 0 aliphatic carbocycles. The molecule has 1 aliphatic rings. The Hall–Kier alpha value is -0.0831. The van der Waals surface area contributed by atoms with Gasteiger partial charge in [-0.2, -0.15) is 0 Å². The molecule has 0 aromatic carbocycles. The van der Waals surface area contributed by atoms with Crippen LogP contribution in [0.2, 0.25) is 19.1 Å². The molecule has 1 N–H and O–H groups in total. The van der Waals surface area contributed by atoms with Crippen molar-refractivity contribution in [2.45, 2.75) is 45.5 Å². The summed E-state index contributed by atoms with van der Waals surface area (Å²) in [4.78, 5) is 0. The van der Waals surface area contributed by atoms with Crippen LogP contribution in [-0.4, -0.2) is 19.3 Å². The standard InChI is InChI=1S/C11H22OSi/c1-8(2)10-7-13(4,5)9(3)6-11(10)12/h8,10-12H,3,6-7H2,1-2,4-5H3/t10-,11-/m0/s1. The van der Waals surface area contributed by atoms with Crippen LogP contribution in [0.3, 0.4) is 0 Å². The van der Waals surface area contributed by atoms with Gasteiger partial charge in [0.25, 0.3) is 0 Å². The molecule has 0 bridgehead atoms. The summed E-state index contributed by atoms with van der Waals surface area (Å²) in [5.74, 6) is 1.11. The van der Waals surface area contributed by atoms with E-state index in [0.717, 1.165) is 6.42 Å². The van der Waals surface area contributed by atoms with Crippen molar-refractivity contribution in [3.8, 4) is 0 Å². The number of rotatable bonds is 1. The van der Waals surface area contributed by atoms with E-state index in [1.165, 1.54) is 11.2 Å². The lowest BCUT2D eigenvalue weighted by Crippen LogP contribution is -2.44. The van der Waals surface area contributed by atoms with Gasteiger partial charge in [-0.25, -0.2) is 0 Å². The lowest BCUT2D eigenvalue weighted by Gasteiger charge is -2.41. The Morgan fingerprint density at radius 2 is 2.00 bits per heavy atom. The zero-order valence-electron chi connectivity index (χ0n) is 9.30. The van der Waals surface area contributed by atoms with E-state index >= 15 is 0 Å². The fraction of sp³-hybridized carbons (Fsp3) is 0.818. The lowest BCUT2D eigenvalue weighted by atomic mass is 9.90. The molecule has 1 rings (SSSR count). The zero-order chi connectivity index (χ0) is 10.2. The largest absolute Gasteiger partial charge is 0.393 e. The maximum Gasteiger partial charge on any atom is 0.0752 e. The predicted octanol–water partition coefficient (Wildman–Crippen LogP) is 2.83. The van der Waals surface area contributed by atoms with Crippen molar-refractivity contribution in [3.05, 3.63) is 11.8 Å². The number of hydrogen-bond donors (Lipinski definition) is 1. The fourth-order valence-corrected chi connectivity index (χ4v) is 5.20. The van der Waals surface area contributed by atoms with Crippen molar-refractivity contribution in [2.24, 2.45) is 11.8 Å². The summed E-state index contributed by atoms with van der Waals surface area (Å²) in [5, 5.41) is 11.2. The minimum Gasteiger partial charge on any atom is -0.393 e. The lowest BCUT2D eigenvalue weighted by molar-refractivity contribution is 0.0877. The molecular weight excluding hydrogens is 176 g/mol. The fourth-order valence-electron chi connectivity index (χ4n) is 2.23. The third-order valence-corrected chi connectivity index (χ3v) is 7.12. The van der Waals surface area contributed by atoms with Gasteiger partial charge in [0, 0.05) is 0 Å². The Bertz CT molecular complexity index is 208. The van der Waals surface area contributed by atoms with Crippen molar-refractivity contribution >= 4 is 8.07 Å². The molecule has 1 nitrogen and oxygen atoms in total. The monoisotopic (exact) mass is 198 g/mol. The maximum atomic E-state index is 9.90. The van der Waals surface area contributed by atoms with Crippen LogP contribution in [0.4, 0.5) is 0 Å². The van der Waals surface area contributed by atoms with E-state index in [-0.39, 0.29) is 6.10 Å². The predicted molar refractivity (Wildman–Crippen MR) is 60.4 cm³/mol. The van der Waals surface area contributed by atoms with Gasteiger partial charge in [-0.1, -0.05) is 32.1 Å². The zero-order valence-corrected chi connectivity index (χ0v) is 10.3. The SMILES string of the molecule is C=C1C[C@H](O)[C@H](C(C)C)C[Si]1(C)C. The molecule has 0 saturated carbocycles. The average Bonchev–Trinajstić information content (AvgIpc) is 1.97. The molecule has 0 amide bonds. The van der Waals surface area contributed by atoms with Gasteiger partial charge < -0.3 is 5.11 Å². The second-order valence-corrected chi connectivity index (χ2v) is 10.3. The quantitative estimate of drug-likeness (QED) is 0.642. The Balaban J connectivity index is 2.76. The van der Waals surface area contributed by atoms with Gasteiger partial charge in [0.2, 0.25) is 0 Å². The summed E-state index contributed by atoms with van der Waals surface area (Å²) >= 11 is 0. The van der Waals surface area contributed by atoms with Crippen LogP contribution >= 0.6 is 0 Å². The molecule has 2 heteroatoms. The highest BCUT2D eigenvalue weighted by atomic mass is 28.3. The molecule has 76 valence electrons. The van der Waals surface area contributed by atoms with Crippen molar-refractivity contribution in [2.75, 3.05) is 0 Å². The highest BCUT2D eigenvalue weighted by molar-refractivity contribution is 6.84. The summed E-state index contributed by atoms with van der Waals surface area (Å²) in [7, 11) is -1.22. The Kier molecular flexibility index (Phi) is 3.03. The van der Waals surface area contributed by atoms with E-state index in [1.807, 2.05) is 0 Å². The molecule has 1 saturated heterocycles. The first-order chi connectivity index (χ1) is 5.84. The van der Waals surface area contributed by atoms with E-state index in [9.17, 15) is 5.11 Å². The molecule has 2 atom stereocenters. The highest BCUT2D eigenvalue weighted by Gasteiger charge is 2.38. The number of hydrogen-bond acceptors (Lipinski definition) is 1. The topological polar surface area (TPSA) is 20.2 Å². The van der Waals surface area contributed by atoms with Crippen LogP contribution in [0.25, 0.3) is 0 Å². The van der Waals surface area contributed by atoms with E-state index < -0.39 is 8.07 Å². The third-order valence-electron chi connectivity index (χ3n) is 3.51. The molecule has 1 aliphatic heterocycles. The average molecular weight is 198 g/mol. The van der Waals surface area contributed by atoms with Crippen molar-refractivity contribution < 1.29 is 5.11 Å². The molecule has 1 fully saturated rings. The van der Waals surface area contributed by atoms with Crippen LogP contribution in [0.5, 0.6) is 0 Å². The summed E-state index contributed by atoms with van der Waals surface area (Å²) in [6.07, 6.45) is 0.718. The van der Waals surface area contributed by atoms with Crippen LogP contribution in [0.1, 0.15) is 20.3 Å². The normalized spacial score (nSPS) is 33.8. The van der Waals surface area contributed by atoms with Crippen molar-refractivity contribution in [1.29, 1.82) is 0 Å². The van der Waals surface area contributed by atoms with Crippen molar-refractivity contribution in [1.82, 2.24) is 0 Å². The first kappa shape index (κ1) is 11.0. The van der Waals surface area contributed by atoms with Crippen LogP contribution < -0.4 is 0 Å². The molecule has 0 radical (unpaired) electrons. The highest BCUT2D eigenvalue weighted by Crippen LogP contribution is 2.38. The molecular formula is C11H22OSi. The van der Waals surface area contributed by atoms with Crippen LogP contribution in [0.15, 0.2) is 11.8 Å². The first-order valence-corrected chi connectivity index (χ1v) is 8.41. The molecule has 0 unspecified atom stereocenters. The maximum absolute atomic E-state index is 9.90. The summed E-state index contributed by atoms with van der Waals surface area (Å²) < 4.78 is 0. The van der Waals surface area contributed by atoms with Crippen LogP contribution in [0, 0.1) is 11.8 Å². The van der Waals surface area contributed by atoms with E-state index in [0.29, 0.717) is 11.8 Å². The second kappa shape index (κ2) is 3.58. The van der Waals surface area contributed by atoms with Gasteiger partial charge in [-0.05, 0) is 24.3 Å². The van der Waals surface area contributed by atoms with Gasteiger partial charge in [-0.3, -0.25) is 0 Å². The molecule has 0 aromatic heterocycles. The smallest absolute Gasteiger partial charge is 0.0752 e. The number of aliphatic hydroxyl groups excluding tert-OH is 1. The van der Waals surface area contributed by atoms with E-state index in [2.05, 4.69) is 33.5 Å². The Morgan fingerprint density at radius 1 is 1.46 bits per heavy atom. The molecule has 0 spiro atoms. The second-order valence-electron chi connectivity index (χ2n) is 5.37. The first-order valence-electron chi connectivity index (χ1n) is 5.21. The van der Waals surface area contributed by atoms with Gasteiger partial charge in [0.1, 0.15) is 0 Å². The Labute approximate surface area is 82.9 Å². The van der Waals surface area contributed by atoms with Crippen molar-refractivity contribution in [3.63, 3.8) is 0 Å². The molecule has 0 aromatic rings. The molecule has 13 heavy (non-hydrogen) atoms. The van der Waals surface area contributed by atoms with Gasteiger partial charge in [0.15, 0.2) is 0 Å². The minimum atomic E-state index is -1.22. The van der Waals surface area contributed by atoms with E-state index in [4.69, 9.17) is 0 Å². The minimum absolute atomic E-state index is 0.131. The van der Waals surface area contributed by atoms with Crippen LogP contribution in [-0.2, 0) is 0 Å². The summed E-state index contributed by atoms with van der Waals surface area (Å²) in [6, 6.07) is 1.21.